The maximum atomic E-state index is 11.5. The first-order valence-corrected chi connectivity index (χ1v) is 7.49. The van der Waals surface area contributed by atoms with E-state index in [0.29, 0.717) is 13.1 Å². The molecule has 1 amide bonds. The summed E-state index contributed by atoms with van der Waals surface area (Å²) in [6, 6.07) is 0. The number of ether oxygens (including phenoxy) is 1. The number of carbonyl (C=O) groups is 1. The molecule has 0 atom stereocenters. The van der Waals surface area contributed by atoms with E-state index in [0.717, 1.165) is 24.4 Å². The number of aryl methyl sites for hydroxylation is 1. The number of carbonyl (C=O) groups excluding carboxylic acids is 1. The SMILES string of the molecule is CC(C)(C)OC(=O)NCCNc1ncnc2c1CCCC2. The first kappa shape index (κ1) is 15.5. The van der Waals surface area contributed by atoms with Gasteiger partial charge in [0.05, 0.1) is 0 Å². The monoisotopic (exact) mass is 292 g/mol. The Hall–Kier alpha value is -1.85. The molecule has 21 heavy (non-hydrogen) atoms. The van der Waals surface area contributed by atoms with Gasteiger partial charge in [-0.1, -0.05) is 0 Å². The van der Waals surface area contributed by atoms with E-state index < -0.39 is 11.7 Å². The van der Waals surface area contributed by atoms with E-state index in [-0.39, 0.29) is 0 Å². The molecule has 2 rings (SSSR count). The molecule has 116 valence electrons. The molecule has 0 aromatic carbocycles. The van der Waals surface area contributed by atoms with Gasteiger partial charge in [-0.05, 0) is 46.5 Å². The number of hydrogen-bond acceptors (Lipinski definition) is 5. The van der Waals surface area contributed by atoms with Crippen LogP contribution in [0.25, 0.3) is 0 Å². The van der Waals surface area contributed by atoms with Crippen LogP contribution in [-0.2, 0) is 17.6 Å². The van der Waals surface area contributed by atoms with Gasteiger partial charge >= 0.3 is 6.09 Å². The predicted molar refractivity (Wildman–Crippen MR) is 81.4 cm³/mol. The van der Waals surface area contributed by atoms with E-state index >= 15 is 0 Å². The zero-order chi connectivity index (χ0) is 15.3. The van der Waals surface area contributed by atoms with E-state index in [4.69, 9.17) is 4.74 Å². The summed E-state index contributed by atoms with van der Waals surface area (Å²) in [6.07, 6.45) is 5.65. The standard InChI is InChI=1S/C15H24N4O2/c1-15(2,3)21-14(20)17-9-8-16-13-11-6-4-5-7-12(11)18-10-19-13/h10H,4-9H2,1-3H3,(H,17,20)(H,16,18,19). The highest BCUT2D eigenvalue weighted by Crippen LogP contribution is 2.23. The molecule has 0 saturated heterocycles. The first-order valence-electron chi connectivity index (χ1n) is 7.49. The number of aromatic nitrogens is 2. The topological polar surface area (TPSA) is 76.1 Å². The van der Waals surface area contributed by atoms with Crippen molar-refractivity contribution >= 4 is 11.9 Å². The van der Waals surface area contributed by atoms with Crippen molar-refractivity contribution in [2.24, 2.45) is 0 Å². The Balaban J connectivity index is 1.78. The summed E-state index contributed by atoms with van der Waals surface area (Å²) < 4.78 is 5.18. The average Bonchev–Trinajstić information content (AvgIpc) is 2.42. The van der Waals surface area contributed by atoms with Crippen LogP contribution in [0.15, 0.2) is 6.33 Å². The molecule has 1 heterocycles. The fourth-order valence-corrected chi connectivity index (χ4v) is 2.33. The lowest BCUT2D eigenvalue weighted by atomic mass is 9.96. The van der Waals surface area contributed by atoms with Gasteiger partial charge in [-0.25, -0.2) is 14.8 Å². The van der Waals surface area contributed by atoms with Crippen LogP contribution in [0, 0.1) is 0 Å². The Bertz CT molecular complexity index is 497. The number of fused-ring (bicyclic) bond motifs is 1. The summed E-state index contributed by atoms with van der Waals surface area (Å²) in [7, 11) is 0. The highest BCUT2D eigenvalue weighted by Gasteiger charge is 2.16. The molecule has 1 aromatic heterocycles. The fraction of sp³-hybridized carbons (Fsp3) is 0.667. The number of nitrogens with one attached hydrogen (secondary N) is 2. The smallest absolute Gasteiger partial charge is 0.407 e. The fourth-order valence-electron chi connectivity index (χ4n) is 2.33. The molecule has 0 bridgehead atoms. The molecule has 1 aromatic rings. The van der Waals surface area contributed by atoms with Gasteiger partial charge < -0.3 is 15.4 Å². The van der Waals surface area contributed by atoms with Crippen LogP contribution in [0.4, 0.5) is 10.6 Å². The maximum Gasteiger partial charge on any atom is 0.407 e. The molecule has 0 fully saturated rings. The van der Waals surface area contributed by atoms with Crippen LogP contribution in [0.2, 0.25) is 0 Å². The number of hydrogen-bond donors (Lipinski definition) is 2. The van der Waals surface area contributed by atoms with Crippen molar-refractivity contribution < 1.29 is 9.53 Å². The van der Waals surface area contributed by atoms with Gasteiger partial charge in [-0.3, -0.25) is 0 Å². The Morgan fingerprint density at radius 1 is 1.24 bits per heavy atom. The lowest BCUT2D eigenvalue weighted by Gasteiger charge is -2.20. The minimum atomic E-state index is -0.469. The second kappa shape index (κ2) is 6.74. The number of rotatable bonds is 4. The number of anilines is 1. The van der Waals surface area contributed by atoms with Crippen molar-refractivity contribution in [2.75, 3.05) is 18.4 Å². The highest BCUT2D eigenvalue weighted by atomic mass is 16.6. The average molecular weight is 292 g/mol. The van der Waals surface area contributed by atoms with Crippen LogP contribution in [0.1, 0.15) is 44.9 Å². The molecule has 0 saturated carbocycles. The van der Waals surface area contributed by atoms with Crippen LogP contribution in [-0.4, -0.2) is 34.8 Å². The van der Waals surface area contributed by atoms with Crippen LogP contribution >= 0.6 is 0 Å². The van der Waals surface area contributed by atoms with Gasteiger partial charge in [0.25, 0.3) is 0 Å². The Morgan fingerprint density at radius 3 is 2.76 bits per heavy atom. The van der Waals surface area contributed by atoms with Crippen LogP contribution in [0.5, 0.6) is 0 Å². The van der Waals surface area contributed by atoms with Gasteiger partial charge in [-0.2, -0.15) is 0 Å². The van der Waals surface area contributed by atoms with Gasteiger partial charge in [0.15, 0.2) is 0 Å². The van der Waals surface area contributed by atoms with Crippen LogP contribution in [0.3, 0.4) is 0 Å². The molecule has 0 aliphatic heterocycles. The van der Waals surface area contributed by atoms with Gasteiger partial charge in [0.1, 0.15) is 17.7 Å². The van der Waals surface area contributed by atoms with Gasteiger partial charge in [0.2, 0.25) is 0 Å². The third kappa shape index (κ3) is 4.88. The molecule has 6 heteroatoms. The van der Waals surface area contributed by atoms with Crippen molar-refractivity contribution in [3.8, 4) is 0 Å². The first-order chi connectivity index (χ1) is 9.96. The summed E-state index contributed by atoms with van der Waals surface area (Å²) >= 11 is 0. The quantitative estimate of drug-likeness (QED) is 0.833. The highest BCUT2D eigenvalue weighted by molar-refractivity contribution is 5.67. The van der Waals surface area contributed by atoms with Crippen molar-refractivity contribution in [2.45, 2.75) is 52.1 Å². The number of nitrogens with zero attached hydrogens (tertiary/aromatic N) is 2. The molecule has 6 nitrogen and oxygen atoms in total. The second-order valence-electron chi connectivity index (χ2n) is 6.21. The van der Waals surface area contributed by atoms with E-state index in [9.17, 15) is 4.79 Å². The maximum absolute atomic E-state index is 11.5. The molecular formula is C15H24N4O2. The van der Waals surface area contributed by atoms with Crippen molar-refractivity contribution in [1.82, 2.24) is 15.3 Å². The molecule has 2 N–H and O–H groups in total. The number of amides is 1. The largest absolute Gasteiger partial charge is 0.444 e. The van der Waals surface area contributed by atoms with E-state index in [2.05, 4.69) is 20.6 Å². The number of alkyl carbamates (subject to hydrolysis) is 1. The summed E-state index contributed by atoms with van der Waals surface area (Å²) in [4.78, 5) is 20.2. The summed E-state index contributed by atoms with van der Waals surface area (Å²) in [5.41, 5.74) is 1.91. The van der Waals surface area contributed by atoms with Crippen molar-refractivity contribution in [3.63, 3.8) is 0 Å². The molecule has 1 aliphatic rings. The minimum Gasteiger partial charge on any atom is -0.444 e. The molecule has 0 radical (unpaired) electrons. The lowest BCUT2D eigenvalue weighted by molar-refractivity contribution is 0.0530. The molecule has 0 unspecified atom stereocenters. The Kier molecular flexibility index (Phi) is 4.98. The molecular weight excluding hydrogens is 268 g/mol. The molecule has 0 spiro atoms. The minimum absolute atomic E-state index is 0.394. The zero-order valence-corrected chi connectivity index (χ0v) is 13.0. The van der Waals surface area contributed by atoms with Crippen LogP contribution < -0.4 is 10.6 Å². The summed E-state index contributed by atoms with van der Waals surface area (Å²) in [6.45, 7) is 6.64. The van der Waals surface area contributed by atoms with E-state index in [1.165, 1.54) is 18.4 Å². The van der Waals surface area contributed by atoms with E-state index in [1.807, 2.05) is 20.8 Å². The normalized spacial score (nSPS) is 14.2. The van der Waals surface area contributed by atoms with E-state index in [1.54, 1.807) is 6.33 Å². The Morgan fingerprint density at radius 2 is 2.00 bits per heavy atom. The van der Waals surface area contributed by atoms with Crippen molar-refractivity contribution in [1.29, 1.82) is 0 Å². The third-order valence-electron chi connectivity index (χ3n) is 3.21. The predicted octanol–water partition coefficient (Wildman–Crippen LogP) is 2.29. The summed E-state index contributed by atoms with van der Waals surface area (Å²) in [5.74, 6) is 0.894. The zero-order valence-electron chi connectivity index (χ0n) is 13.0. The van der Waals surface area contributed by atoms with Gasteiger partial charge in [-0.15, -0.1) is 0 Å². The van der Waals surface area contributed by atoms with Gasteiger partial charge in [0, 0.05) is 24.3 Å². The second-order valence-corrected chi connectivity index (χ2v) is 6.21. The third-order valence-corrected chi connectivity index (χ3v) is 3.21. The summed E-state index contributed by atoms with van der Waals surface area (Å²) in [5, 5.41) is 5.99. The Labute approximate surface area is 125 Å². The lowest BCUT2D eigenvalue weighted by Crippen LogP contribution is -2.35. The molecule has 1 aliphatic carbocycles. The van der Waals surface area contributed by atoms with Crippen molar-refractivity contribution in [3.05, 3.63) is 17.6 Å².